The van der Waals surface area contributed by atoms with Crippen molar-refractivity contribution in [1.29, 1.82) is 0 Å². The summed E-state index contributed by atoms with van der Waals surface area (Å²) in [6, 6.07) is 16.1. The second-order valence-corrected chi connectivity index (χ2v) is 6.89. The second-order valence-electron chi connectivity index (χ2n) is 6.89. The van der Waals surface area contributed by atoms with Gasteiger partial charge in [-0.1, -0.05) is 29.4 Å². The predicted octanol–water partition coefficient (Wildman–Crippen LogP) is 2.85. The monoisotopic (exact) mass is 377 g/mol. The quantitative estimate of drug-likeness (QED) is 0.711. The Kier molecular flexibility index (Phi) is 5.61. The van der Waals surface area contributed by atoms with Gasteiger partial charge in [-0.05, 0) is 37.1 Å². The molecule has 28 heavy (non-hydrogen) atoms. The second kappa shape index (κ2) is 8.65. The number of anilines is 1. The van der Waals surface area contributed by atoms with Crippen LogP contribution in [0.1, 0.15) is 25.2 Å². The van der Waals surface area contributed by atoms with E-state index in [0.717, 1.165) is 25.9 Å². The van der Waals surface area contributed by atoms with Gasteiger partial charge in [-0.3, -0.25) is 9.78 Å². The number of para-hydroxylation sites is 1. The first-order valence-corrected chi connectivity index (χ1v) is 9.61. The zero-order valence-electron chi connectivity index (χ0n) is 15.6. The van der Waals surface area contributed by atoms with Gasteiger partial charge in [0.15, 0.2) is 0 Å². The van der Waals surface area contributed by atoms with E-state index >= 15 is 0 Å². The van der Waals surface area contributed by atoms with E-state index in [1.165, 1.54) is 5.69 Å². The van der Waals surface area contributed by atoms with Crippen molar-refractivity contribution in [3.05, 3.63) is 60.6 Å². The van der Waals surface area contributed by atoms with Crippen LogP contribution in [0.4, 0.5) is 5.69 Å². The Morgan fingerprint density at radius 3 is 2.64 bits per heavy atom. The molecule has 0 radical (unpaired) electrons. The van der Waals surface area contributed by atoms with Crippen LogP contribution in [-0.4, -0.2) is 40.2 Å². The topological polar surface area (TPSA) is 84.1 Å². The molecular weight excluding hydrogens is 354 g/mol. The zero-order chi connectivity index (χ0) is 19.2. The summed E-state index contributed by atoms with van der Waals surface area (Å²) in [6.45, 7) is 1.90. The minimum absolute atomic E-state index is 0.0238. The smallest absolute Gasteiger partial charge is 0.227 e. The van der Waals surface area contributed by atoms with E-state index in [4.69, 9.17) is 4.52 Å². The third kappa shape index (κ3) is 4.54. The lowest BCUT2D eigenvalue weighted by molar-refractivity contribution is -0.122. The van der Waals surface area contributed by atoms with Crippen LogP contribution in [0, 0.1) is 0 Å². The van der Waals surface area contributed by atoms with Gasteiger partial charge in [0.05, 0.1) is 0 Å². The number of hydrogen-bond acceptors (Lipinski definition) is 6. The first kappa shape index (κ1) is 18.2. The largest absolute Gasteiger partial charge is 0.371 e. The summed E-state index contributed by atoms with van der Waals surface area (Å²) in [5.41, 5.74) is 1.90. The number of nitrogens with one attached hydrogen (secondary N) is 1. The highest BCUT2D eigenvalue weighted by molar-refractivity contribution is 5.76. The molecule has 0 bridgehead atoms. The van der Waals surface area contributed by atoms with Gasteiger partial charge in [0.1, 0.15) is 5.69 Å². The van der Waals surface area contributed by atoms with Gasteiger partial charge >= 0.3 is 0 Å². The van der Waals surface area contributed by atoms with E-state index < -0.39 is 0 Å². The fourth-order valence-electron chi connectivity index (χ4n) is 3.40. The van der Waals surface area contributed by atoms with Crippen LogP contribution < -0.4 is 10.2 Å². The molecule has 1 aromatic carbocycles. The number of carbonyl (C=O) groups is 1. The molecule has 144 valence electrons. The van der Waals surface area contributed by atoms with Crippen LogP contribution in [0.15, 0.2) is 59.3 Å². The van der Waals surface area contributed by atoms with Crippen molar-refractivity contribution >= 4 is 11.6 Å². The molecule has 1 saturated heterocycles. The highest BCUT2D eigenvalue weighted by atomic mass is 16.5. The number of pyridine rings is 1. The summed E-state index contributed by atoms with van der Waals surface area (Å²) in [6.07, 6.45) is 4.34. The number of nitrogens with zero attached hydrogens (tertiary/aromatic N) is 4. The number of benzene rings is 1. The number of piperidine rings is 1. The molecule has 4 rings (SSSR count). The molecule has 0 spiro atoms. The number of aryl methyl sites for hydroxylation is 1. The standard InChI is InChI=1S/C21H23N5O2/c27-19(9-10-20-24-21(25-28-20)18-8-4-5-13-22-18)23-16-11-14-26(15-12-16)17-6-2-1-3-7-17/h1-8,13,16H,9-12,14-15H2,(H,23,27). The third-order valence-electron chi connectivity index (χ3n) is 4.91. The molecule has 7 heteroatoms. The molecule has 3 aromatic rings. The molecule has 0 unspecified atom stereocenters. The van der Waals surface area contributed by atoms with Crippen LogP contribution in [0.3, 0.4) is 0 Å². The van der Waals surface area contributed by atoms with E-state index in [1.54, 1.807) is 6.20 Å². The van der Waals surface area contributed by atoms with Gasteiger partial charge in [-0.2, -0.15) is 4.98 Å². The zero-order valence-corrected chi connectivity index (χ0v) is 15.6. The highest BCUT2D eigenvalue weighted by Gasteiger charge is 2.21. The van der Waals surface area contributed by atoms with Gasteiger partial charge in [0, 0.05) is 43.9 Å². The minimum Gasteiger partial charge on any atom is -0.371 e. The lowest BCUT2D eigenvalue weighted by Gasteiger charge is -2.34. The first-order chi connectivity index (χ1) is 13.8. The summed E-state index contributed by atoms with van der Waals surface area (Å²) in [5.74, 6) is 0.926. The van der Waals surface area contributed by atoms with Crippen molar-refractivity contribution in [2.75, 3.05) is 18.0 Å². The van der Waals surface area contributed by atoms with Gasteiger partial charge in [-0.25, -0.2) is 0 Å². The van der Waals surface area contributed by atoms with Gasteiger partial charge in [-0.15, -0.1) is 0 Å². The summed E-state index contributed by atoms with van der Waals surface area (Å²) in [4.78, 5) is 23.2. The van der Waals surface area contributed by atoms with Gasteiger partial charge in [0.25, 0.3) is 0 Å². The van der Waals surface area contributed by atoms with Crippen molar-refractivity contribution in [3.63, 3.8) is 0 Å². The maximum Gasteiger partial charge on any atom is 0.227 e. The SMILES string of the molecule is O=C(CCc1nc(-c2ccccn2)no1)NC1CCN(c2ccccc2)CC1. The van der Waals surface area contributed by atoms with Crippen molar-refractivity contribution in [2.45, 2.75) is 31.7 Å². The average molecular weight is 377 g/mol. The molecular formula is C21H23N5O2. The fraction of sp³-hybridized carbons (Fsp3) is 0.333. The lowest BCUT2D eigenvalue weighted by Crippen LogP contribution is -2.44. The molecule has 3 heterocycles. The average Bonchev–Trinajstić information content (AvgIpc) is 3.23. The molecule has 2 aromatic heterocycles. The van der Waals surface area contributed by atoms with E-state index in [9.17, 15) is 4.79 Å². The Balaban J connectivity index is 1.22. The first-order valence-electron chi connectivity index (χ1n) is 9.61. The highest BCUT2D eigenvalue weighted by Crippen LogP contribution is 2.19. The molecule has 0 atom stereocenters. The van der Waals surface area contributed by atoms with E-state index in [-0.39, 0.29) is 11.9 Å². The normalized spacial score (nSPS) is 14.8. The van der Waals surface area contributed by atoms with Crippen LogP contribution in [0.5, 0.6) is 0 Å². The minimum atomic E-state index is 0.0238. The molecule has 1 fully saturated rings. The van der Waals surface area contributed by atoms with Crippen LogP contribution >= 0.6 is 0 Å². The lowest BCUT2D eigenvalue weighted by atomic mass is 10.0. The maximum atomic E-state index is 12.3. The van der Waals surface area contributed by atoms with Crippen molar-refractivity contribution < 1.29 is 9.32 Å². The van der Waals surface area contributed by atoms with Crippen LogP contribution in [0.25, 0.3) is 11.5 Å². The number of hydrogen-bond donors (Lipinski definition) is 1. The Bertz CT molecular complexity index is 889. The van der Waals surface area contributed by atoms with E-state index in [2.05, 4.69) is 49.6 Å². The van der Waals surface area contributed by atoms with Gasteiger partial charge in [0.2, 0.25) is 17.6 Å². The van der Waals surface area contributed by atoms with Gasteiger partial charge < -0.3 is 14.7 Å². The summed E-state index contributed by atoms with van der Waals surface area (Å²) >= 11 is 0. The number of rotatable bonds is 6. The van der Waals surface area contributed by atoms with Crippen LogP contribution in [0.2, 0.25) is 0 Å². The summed E-state index contributed by atoms with van der Waals surface area (Å²) in [5, 5.41) is 7.06. The summed E-state index contributed by atoms with van der Waals surface area (Å²) < 4.78 is 5.23. The Morgan fingerprint density at radius 1 is 1.11 bits per heavy atom. The Hall–Kier alpha value is -3.22. The predicted molar refractivity (Wildman–Crippen MR) is 106 cm³/mol. The molecule has 7 nitrogen and oxygen atoms in total. The van der Waals surface area contributed by atoms with Crippen molar-refractivity contribution in [1.82, 2.24) is 20.4 Å². The molecule has 0 saturated carbocycles. The fourth-order valence-corrected chi connectivity index (χ4v) is 3.40. The summed E-state index contributed by atoms with van der Waals surface area (Å²) in [7, 11) is 0. The number of aromatic nitrogens is 3. The van der Waals surface area contributed by atoms with E-state index in [1.807, 2.05) is 24.3 Å². The number of carbonyl (C=O) groups excluding carboxylic acids is 1. The Labute approximate surface area is 163 Å². The van der Waals surface area contributed by atoms with Crippen molar-refractivity contribution in [3.8, 4) is 11.5 Å². The third-order valence-corrected chi connectivity index (χ3v) is 4.91. The molecule has 1 aliphatic rings. The Morgan fingerprint density at radius 2 is 1.89 bits per heavy atom. The van der Waals surface area contributed by atoms with Crippen LogP contribution in [-0.2, 0) is 11.2 Å². The van der Waals surface area contributed by atoms with Crippen molar-refractivity contribution in [2.24, 2.45) is 0 Å². The molecule has 1 amide bonds. The molecule has 0 aliphatic carbocycles. The van der Waals surface area contributed by atoms with E-state index in [0.29, 0.717) is 30.3 Å². The molecule has 1 N–H and O–H groups in total. The number of amides is 1. The maximum absolute atomic E-state index is 12.3. The molecule has 1 aliphatic heterocycles.